The molecule has 0 N–H and O–H groups in total. The first-order valence-electron chi connectivity index (χ1n) is 20.6. The molecular weight excluding hydrogens is 741 g/mol. The van der Waals surface area contributed by atoms with E-state index in [4.69, 9.17) is 0 Å². The zero-order valence-electron chi connectivity index (χ0n) is 34.7. The van der Waals surface area contributed by atoms with E-state index in [9.17, 15) is 0 Å². The van der Waals surface area contributed by atoms with Crippen LogP contribution in [0.2, 0.25) is 0 Å². The van der Waals surface area contributed by atoms with Gasteiger partial charge in [0.1, 0.15) is 0 Å². The lowest BCUT2D eigenvalue weighted by Gasteiger charge is -2.24. The molecule has 2 aliphatic rings. The Morgan fingerprint density at radius 2 is 1.31 bits per heavy atom. The Bertz CT molecular complexity index is 2600. The van der Waals surface area contributed by atoms with Crippen molar-refractivity contribution in [2.75, 3.05) is 38.0 Å². The zero-order valence-corrected chi connectivity index (χ0v) is 36.3. The van der Waals surface area contributed by atoms with Crippen LogP contribution in [0.1, 0.15) is 66.5 Å². The number of aryl methyl sites for hydroxylation is 2. The fraction of sp³-hybridized carbons (Fsp3) is 0.204. The molecule has 1 aromatic heterocycles. The number of hydrogen-bond acceptors (Lipinski definition) is 3. The van der Waals surface area contributed by atoms with Crippen LogP contribution in [-0.4, -0.2) is 28.2 Å². The number of nitrogens with zero attached hydrogens (tertiary/aromatic N) is 2. The van der Waals surface area contributed by atoms with Gasteiger partial charge in [-0.15, -0.1) is 0 Å². The Hall–Kier alpha value is -5.42. The summed E-state index contributed by atoms with van der Waals surface area (Å²) in [4.78, 5) is 8.25. The zero-order chi connectivity index (χ0) is 40.2. The molecule has 58 heavy (non-hydrogen) atoms. The van der Waals surface area contributed by atoms with Crippen molar-refractivity contribution in [3.63, 3.8) is 0 Å². The molecule has 0 fully saturated rings. The topological polar surface area (TPSA) is 6.48 Å². The molecule has 0 unspecified atom stereocenters. The van der Waals surface area contributed by atoms with Gasteiger partial charge in [-0.05, 0) is 130 Å². The van der Waals surface area contributed by atoms with Crippen LogP contribution in [0.3, 0.4) is 0 Å². The van der Waals surface area contributed by atoms with E-state index in [2.05, 4.69) is 204 Å². The number of rotatable bonds is 10. The maximum absolute atomic E-state index is 2.45. The Morgan fingerprint density at radius 1 is 0.638 bits per heavy atom. The van der Waals surface area contributed by atoms with Crippen molar-refractivity contribution in [1.82, 2.24) is 0 Å². The van der Waals surface area contributed by atoms with E-state index in [0.29, 0.717) is 0 Å². The third kappa shape index (κ3) is 8.55. The van der Waals surface area contributed by atoms with Gasteiger partial charge < -0.3 is 9.80 Å². The fourth-order valence-corrected chi connectivity index (χ4v) is 10.4. The van der Waals surface area contributed by atoms with Crippen molar-refractivity contribution >= 4 is 66.7 Å². The summed E-state index contributed by atoms with van der Waals surface area (Å²) in [6.45, 7) is 4.56. The molecule has 0 atom stereocenters. The smallest absolute Gasteiger partial charge is 0.241 e. The predicted octanol–water partition coefficient (Wildman–Crippen LogP) is 14.9. The monoisotopic (exact) mass is 793 g/mol. The Labute approximate surface area is 354 Å². The lowest BCUT2D eigenvalue weighted by molar-refractivity contribution is 0.806. The lowest BCUT2D eigenvalue weighted by Crippen LogP contribution is -2.09. The fourth-order valence-electron chi connectivity index (χ4n) is 8.05. The summed E-state index contributed by atoms with van der Waals surface area (Å²) >= 11 is 3.74. The van der Waals surface area contributed by atoms with Crippen molar-refractivity contribution in [3.8, 4) is 10.4 Å². The van der Waals surface area contributed by atoms with Gasteiger partial charge in [0.15, 0.2) is 0 Å². The van der Waals surface area contributed by atoms with Crippen molar-refractivity contribution in [3.05, 3.63) is 190 Å². The molecule has 1 aliphatic carbocycles. The van der Waals surface area contributed by atoms with Crippen LogP contribution in [0.4, 0.5) is 11.4 Å². The molecule has 0 spiro atoms. The van der Waals surface area contributed by atoms with Gasteiger partial charge in [0.25, 0.3) is 0 Å². The summed E-state index contributed by atoms with van der Waals surface area (Å²) in [7, 11) is 8.48. The van der Waals surface area contributed by atoms with E-state index >= 15 is 0 Å². The highest BCUT2D eigenvalue weighted by Gasteiger charge is 2.22. The van der Waals surface area contributed by atoms with Crippen LogP contribution in [-0.2, 0) is 12.8 Å². The van der Waals surface area contributed by atoms with Gasteiger partial charge in [0.2, 0.25) is 20.9 Å². The summed E-state index contributed by atoms with van der Waals surface area (Å²) in [5, 5.41) is 1.29. The first kappa shape index (κ1) is 39.4. The first-order chi connectivity index (χ1) is 28.3. The predicted molar refractivity (Wildman–Crippen MR) is 258 cm³/mol. The summed E-state index contributed by atoms with van der Waals surface area (Å²) in [5.74, 6) is 0. The molecule has 0 amide bonds. The van der Waals surface area contributed by atoms with E-state index in [1.165, 1.54) is 97.4 Å². The van der Waals surface area contributed by atoms with Gasteiger partial charge in [0, 0.05) is 72.4 Å². The second-order valence-corrected chi connectivity index (χ2v) is 17.9. The normalized spacial score (nSPS) is 15.7. The van der Waals surface area contributed by atoms with Gasteiger partial charge in [-0.2, -0.15) is 0 Å². The minimum atomic E-state index is 1.02. The summed E-state index contributed by atoms with van der Waals surface area (Å²) < 4.78 is 1.30. The van der Waals surface area contributed by atoms with Crippen LogP contribution in [0, 0.1) is 0 Å². The number of allylic oxidation sites excluding steroid dienone is 8. The lowest BCUT2D eigenvalue weighted by atomic mass is 9.81. The minimum absolute atomic E-state index is 1.02. The number of anilines is 2. The molecule has 0 radical (unpaired) electrons. The standard InChI is InChI=1S/C54H53N2S2/c1-7-37-30-38(8-2)32-45(31-37)54-41(22-24-43-33-50(39-16-11-9-12-17-39)57-52-35-46(55(3)4)26-28-48(43)52)20-15-21-42(54)23-25-44-34-51(40-18-13-10-14-19-40)58-53-36-47(56(5)6)27-29-49(44)53/h9-14,16-19,22-36H,7-8,15,20-21H2,1-6H3/q+1. The van der Waals surface area contributed by atoms with E-state index in [1.54, 1.807) is 0 Å². The van der Waals surface area contributed by atoms with Crippen LogP contribution in [0.15, 0.2) is 162 Å². The number of thioether (sulfide) groups is 1. The third-order valence-corrected chi connectivity index (χ3v) is 13.6. The van der Waals surface area contributed by atoms with Crippen molar-refractivity contribution in [1.29, 1.82) is 0 Å². The van der Waals surface area contributed by atoms with E-state index in [1.807, 2.05) is 23.1 Å². The molecule has 0 saturated carbocycles. The Kier molecular flexibility index (Phi) is 12.0. The van der Waals surface area contributed by atoms with Crippen LogP contribution in [0.5, 0.6) is 0 Å². The van der Waals surface area contributed by atoms with Gasteiger partial charge in [-0.25, -0.2) is 0 Å². The van der Waals surface area contributed by atoms with E-state index in [-0.39, 0.29) is 0 Å². The van der Waals surface area contributed by atoms with Crippen molar-refractivity contribution in [2.45, 2.75) is 50.8 Å². The molecule has 0 bridgehead atoms. The highest BCUT2D eigenvalue weighted by Crippen LogP contribution is 2.47. The number of hydrogen-bond donors (Lipinski definition) is 0. The summed E-state index contributed by atoms with van der Waals surface area (Å²) in [6.07, 6.45) is 17.3. The van der Waals surface area contributed by atoms with Crippen molar-refractivity contribution < 1.29 is 0 Å². The quantitative estimate of drug-likeness (QED) is 0.128. The maximum Gasteiger partial charge on any atom is 0.241 e. The molecule has 1 aliphatic heterocycles. The van der Waals surface area contributed by atoms with Gasteiger partial charge in [-0.1, -0.05) is 123 Å². The Balaban J connectivity index is 1.29. The van der Waals surface area contributed by atoms with E-state index in [0.717, 1.165) is 32.1 Å². The number of fused-ring (bicyclic) bond motifs is 2. The SMILES string of the molecule is CCc1cc(CC)cc(C2=C(/C=C/c3cc(-c4ccccc4)[s+]c4cc(N(C)C)ccc34)CCC/C2=C\C=C2/C=C(c3ccccc3)Sc3cc(N(C)C)ccc32)c1. The highest BCUT2D eigenvalue weighted by molar-refractivity contribution is 8.08. The van der Waals surface area contributed by atoms with Crippen LogP contribution in [0.25, 0.3) is 42.7 Å². The molecular formula is C54H53N2S2+. The maximum atomic E-state index is 2.45. The molecule has 8 rings (SSSR count). The molecule has 4 heteroatoms. The molecule has 0 saturated heterocycles. The molecule has 2 nitrogen and oxygen atoms in total. The molecule has 2 heterocycles. The van der Waals surface area contributed by atoms with Crippen molar-refractivity contribution in [2.24, 2.45) is 0 Å². The second-order valence-electron chi connectivity index (χ2n) is 15.7. The largest absolute Gasteiger partial charge is 0.378 e. The summed E-state index contributed by atoms with van der Waals surface area (Å²) in [6, 6.07) is 45.1. The average Bonchev–Trinajstić information content (AvgIpc) is 3.26. The first-order valence-corrected chi connectivity index (χ1v) is 22.3. The molecule has 290 valence electrons. The highest BCUT2D eigenvalue weighted by atomic mass is 32.2. The van der Waals surface area contributed by atoms with E-state index < -0.39 is 0 Å². The van der Waals surface area contributed by atoms with Gasteiger partial charge in [-0.3, -0.25) is 0 Å². The third-order valence-electron chi connectivity index (χ3n) is 11.3. The van der Waals surface area contributed by atoms with Gasteiger partial charge >= 0.3 is 0 Å². The van der Waals surface area contributed by atoms with Crippen LogP contribution >= 0.6 is 23.1 Å². The van der Waals surface area contributed by atoms with Gasteiger partial charge in [0.05, 0.1) is 0 Å². The Morgan fingerprint density at radius 3 is 2.00 bits per heavy atom. The second kappa shape index (κ2) is 17.6. The molecule has 5 aromatic carbocycles. The average molecular weight is 794 g/mol. The molecule has 6 aromatic rings. The van der Waals surface area contributed by atoms with Crippen LogP contribution < -0.4 is 9.80 Å². The summed E-state index contributed by atoms with van der Waals surface area (Å²) in [5.41, 5.74) is 17.1. The minimum Gasteiger partial charge on any atom is -0.378 e. The number of benzene rings is 5.